The molecule has 1 N–H and O–H groups in total. The second-order valence-electron chi connectivity index (χ2n) is 2.71. The van der Waals surface area contributed by atoms with Crippen molar-refractivity contribution < 1.29 is 23.1 Å². The fourth-order valence-corrected chi connectivity index (χ4v) is 1.16. The molecule has 0 saturated heterocycles. The topological polar surface area (TPSA) is 50.2 Å². The third-order valence-electron chi connectivity index (χ3n) is 1.56. The summed E-state index contributed by atoms with van der Waals surface area (Å²) < 4.78 is 37.1. The van der Waals surface area contributed by atoms with Gasteiger partial charge in [-0.15, -0.1) is 0 Å². The van der Waals surface area contributed by atoms with Crippen LogP contribution in [0.4, 0.5) is 13.2 Å². The van der Waals surface area contributed by atoms with Gasteiger partial charge in [0.05, 0.1) is 6.42 Å². The first-order chi connectivity index (χ1) is 6.80. The van der Waals surface area contributed by atoms with E-state index < -0.39 is 29.8 Å². The summed E-state index contributed by atoms with van der Waals surface area (Å²) in [5.74, 6) is -1.36. The van der Waals surface area contributed by atoms with Gasteiger partial charge in [0.2, 0.25) is 0 Å². The molecule has 0 aliphatic carbocycles. The van der Waals surface area contributed by atoms with Crippen molar-refractivity contribution in [3.8, 4) is 0 Å². The van der Waals surface area contributed by atoms with Crippen LogP contribution >= 0.6 is 11.6 Å². The van der Waals surface area contributed by atoms with Crippen LogP contribution in [-0.4, -0.2) is 16.1 Å². The first-order valence-electron chi connectivity index (χ1n) is 3.75. The first-order valence-corrected chi connectivity index (χ1v) is 4.13. The molecule has 0 atom stereocenters. The lowest BCUT2D eigenvalue weighted by Gasteiger charge is -2.10. The highest BCUT2D eigenvalue weighted by Crippen LogP contribution is 2.31. The molecule has 0 saturated carbocycles. The van der Waals surface area contributed by atoms with Gasteiger partial charge in [0.25, 0.3) is 0 Å². The number of nitrogens with zero attached hydrogens (tertiary/aromatic N) is 1. The molecular formula is C8H5ClF3NO2. The molecule has 1 rings (SSSR count). The molecule has 82 valence electrons. The maximum absolute atomic E-state index is 12.4. The van der Waals surface area contributed by atoms with Gasteiger partial charge in [-0.25, -0.2) is 4.98 Å². The number of aliphatic carboxylic acids is 1. The van der Waals surface area contributed by atoms with Gasteiger partial charge in [-0.05, 0) is 11.6 Å². The summed E-state index contributed by atoms with van der Waals surface area (Å²) in [5.41, 5.74) is -1.66. The van der Waals surface area contributed by atoms with Crippen LogP contribution in [0, 0.1) is 0 Å². The van der Waals surface area contributed by atoms with Gasteiger partial charge in [-0.3, -0.25) is 4.79 Å². The highest BCUT2D eigenvalue weighted by molar-refractivity contribution is 6.29. The summed E-state index contributed by atoms with van der Waals surface area (Å²) >= 11 is 5.30. The summed E-state index contributed by atoms with van der Waals surface area (Å²) in [6, 6.07) is 2.13. The van der Waals surface area contributed by atoms with E-state index in [1.54, 1.807) is 0 Å². The van der Waals surface area contributed by atoms with Crippen LogP contribution < -0.4 is 0 Å². The van der Waals surface area contributed by atoms with Crippen LogP contribution in [0.15, 0.2) is 12.1 Å². The van der Waals surface area contributed by atoms with Gasteiger partial charge in [-0.2, -0.15) is 13.2 Å². The number of pyridine rings is 1. The third-order valence-corrected chi connectivity index (χ3v) is 1.77. The lowest BCUT2D eigenvalue weighted by molar-refractivity contribution is -0.142. The van der Waals surface area contributed by atoms with Gasteiger partial charge in [-0.1, -0.05) is 17.7 Å². The predicted molar refractivity (Wildman–Crippen MR) is 45.6 cm³/mol. The van der Waals surface area contributed by atoms with E-state index in [0.29, 0.717) is 0 Å². The molecule has 1 aromatic heterocycles. The summed E-state index contributed by atoms with van der Waals surface area (Å²) in [7, 11) is 0. The SMILES string of the molecule is O=C(O)Cc1ccc(Cl)nc1C(F)(F)F. The van der Waals surface area contributed by atoms with E-state index in [-0.39, 0.29) is 5.15 Å². The second kappa shape index (κ2) is 4.06. The fraction of sp³-hybridized carbons (Fsp3) is 0.250. The molecule has 0 radical (unpaired) electrons. The Morgan fingerprint density at radius 2 is 2.07 bits per heavy atom. The molecule has 1 aromatic rings. The fourth-order valence-electron chi connectivity index (χ4n) is 1.02. The van der Waals surface area contributed by atoms with Crippen molar-refractivity contribution in [1.82, 2.24) is 4.98 Å². The summed E-state index contributed by atoms with van der Waals surface area (Å²) in [6.45, 7) is 0. The summed E-state index contributed by atoms with van der Waals surface area (Å²) in [6.07, 6.45) is -5.44. The molecule has 0 aliphatic rings. The minimum absolute atomic E-state index is 0.323. The maximum Gasteiger partial charge on any atom is 0.433 e. The average Bonchev–Trinajstić information content (AvgIpc) is 2.05. The van der Waals surface area contributed by atoms with Crippen molar-refractivity contribution in [3.05, 3.63) is 28.5 Å². The molecule has 0 fully saturated rings. The van der Waals surface area contributed by atoms with Gasteiger partial charge in [0, 0.05) is 0 Å². The Hall–Kier alpha value is -1.30. The van der Waals surface area contributed by atoms with Crippen LogP contribution in [0.3, 0.4) is 0 Å². The number of carboxylic acids is 1. The van der Waals surface area contributed by atoms with E-state index >= 15 is 0 Å². The Bertz CT molecular complexity index is 392. The highest BCUT2D eigenvalue weighted by atomic mass is 35.5. The Balaban J connectivity index is 3.20. The van der Waals surface area contributed by atoms with Crippen molar-refractivity contribution in [2.45, 2.75) is 12.6 Å². The van der Waals surface area contributed by atoms with Gasteiger partial charge < -0.3 is 5.11 Å². The van der Waals surface area contributed by atoms with Crippen LogP contribution in [0.5, 0.6) is 0 Å². The van der Waals surface area contributed by atoms with E-state index in [1.165, 1.54) is 0 Å². The second-order valence-corrected chi connectivity index (χ2v) is 3.10. The molecule has 0 aliphatic heterocycles. The Labute approximate surface area is 87.5 Å². The zero-order chi connectivity index (χ0) is 11.6. The Morgan fingerprint density at radius 1 is 1.47 bits per heavy atom. The number of rotatable bonds is 2. The van der Waals surface area contributed by atoms with Crippen LogP contribution in [-0.2, 0) is 17.4 Å². The first kappa shape index (κ1) is 11.8. The number of carbonyl (C=O) groups is 1. The van der Waals surface area contributed by atoms with Crippen LogP contribution in [0.2, 0.25) is 5.15 Å². The summed E-state index contributed by atoms with van der Waals surface area (Å²) in [4.78, 5) is 13.4. The Kier molecular flexibility index (Phi) is 3.18. The lowest BCUT2D eigenvalue weighted by atomic mass is 10.1. The third kappa shape index (κ3) is 3.09. The van der Waals surface area contributed by atoms with E-state index in [0.717, 1.165) is 12.1 Å². The molecule has 0 amide bonds. The predicted octanol–water partition coefficient (Wildman–Crippen LogP) is 2.38. The molecule has 0 aromatic carbocycles. The molecule has 3 nitrogen and oxygen atoms in total. The summed E-state index contributed by atoms with van der Waals surface area (Å²) in [5, 5.41) is 8.08. The monoisotopic (exact) mass is 239 g/mol. The number of hydrogen-bond acceptors (Lipinski definition) is 2. The largest absolute Gasteiger partial charge is 0.481 e. The smallest absolute Gasteiger partial charge is 0.433 e. The van der Waals surface area contributed by atoms with E-state index in [4.69, 9.17) is 16.7 Å². The van der Waals surface area contributed by atoms with Crippen LogP contribution in [0.1, 0.15) is 11.3 Å². The van der Waals surface area contributed by atoms with Crippen molar-refractivity contribution in [3.63, 3.8) is 0 Å². The van der Waals surface area contributed by atoms with E-state index in [2.05, 4.69) is 4.98 Å². The zero-order valence-corrected chi connectivity index (χ0v) is 7.93. The molecule has 0 unspecified atom stereocenters. The number of halogens is 4. The maximum atomic E-state index is 12.4. The van der Waals surface area contributed by atoms with Gasteiger partial charge in [0.15, 0.2) is 0 Å². The normalized spacial score (nSPS) is 11.5. The highest BCUT2D eigenvalue weighted by Gasteiger charge is 2.35. The zero-order valence-electron chi connectivity index (χ0n) is 7.18. The molecule has 15 heavy (non-hydrogen) atoms. The molecule has 1 heterocycles. The molecule has 7 heteroatoms. The van der Waals surface area contributed by atoms with E-state index in [1.807, 2.05) is 0 Å². The van der Waals surface area contributed by atoms with Crippen molar-refractivity contribution in [1.29, 1.82) is 0 Å². The number of carboxylic acid groups (broad SMARTS) is 1. The Morgan fingerprint density at radius 3 is 2.53 bits per heavy atom. The van der Waals surface area contributed by atoms with Crippen molar-refractivity contribution in [2.75, 3.05) is 0 Å². The molecule has 0 spiro atoms. The van der Waals surface area contributed by atoms with Crippen molar-refractivity contribution in [2.24, 2.45) is 0 Å². The molecule has 0 bridgehead atoms. The van der Waals surface area contributed by atoms with Crippen LogP contribution in [0.25, 0.3) is 0 Å². The van der Waals surface area contributed by atoms with Crippen molar-refractivity contribution >= 4 is 17.6 Å². The number of aromatic nitrogens is 1. The van der Waals surface area contributed by atoms with E-state index in [9.17, 15) is 18.0 Å². The quantitative estimate of drug-likeness (QED) is 0.806. The number of alkyl halides is 3. The lowest BCUT2D eigenvalue weighted by Crippen LogP contribution is -2.14. The average molecular weight is 240 g/mol. The van der Waals surface area contributed by atoms with Gasteiger partial charge in [0.1, 0.15) is 10.8 Å². The number of hydrogen-bond donors (Lipinski definition) is 1. The minimum atomic E-state index is -4.70. The minimum Gasteiger partial charge on any atom is -0.481 e. The van der Waals surface area contributed by atoms with Gasteiger partial charge >= 0.3 is 12.1 Å². The standard InChI is InChI=1S/C8H5ClF3NO2/c9-5-2-1-4(3-6(14)15)7(13-5)8(10,11)12/h1-2H,3H2,(H,14,15). The molecular weight excluding hydrogens is 235 g/mol.